The summed E-state index contributed by atoms with van der Waals surface area (Å²) in [5.74, 6) is -0.536. The highest BCUT2D eigenvalue weighted by molar-refractivity contribution is 9.10. The smallest absolute Gasteiger partial charge is 0.275 e. The fourth-order valence-electron chi connectivity index (χ4n) is 3.54. The first kappa shape index (κ1) is 19.9. The molecule has 0 radical (unpaired) electrons. The molecule has 5 nitrogen and oxygen atoms in total. The van der Waals surface area contributed by atoms with Gasteiger partial charge < -0.3 is 9.67 Å². The number of aromatic nitrogens is 1. The van der Waals surface area contributed by atoms with Crippen molar-refractivity contribution in [2.45, 2.75) is 13.8 Å². The summed E-state index contributed by atoms with van der Waals surface area (Å²) < 4.78 is 3.15. The fourth-order valence-corrected chi connectivity index (χ4v) is 3.80. The number of phenolic OH excluding ortho intramolecular Hbond substituents is 1. The number of rotatable bonds is 4. The molecular weight excluding hydrogens is 442 g/mol. The number of aromatic hydroxyl groups is 1. The summed E-state index contributed by atoms with van der Waals surface area (Å²) in [5.41, 5.74) is 6.73. The average Bonchev–Trinajstić information content (AvgIpc) is 3.01. The van der Waals surface area contributed by atoms with E-state index in [9.17, 15) is 9.90 Å². The van der Waals surface area contributed by atoms with Gasteiger partial charge in [0.15, 0.2) is 0 Å². The van der Waals surface area contributed by atoms with Crippen LogP contribution in [0.25, 0.3) is 16.5 Å². The molecule has 6 heteroatoms. The Morgan fingerprint density at radius 1 is 1.03 bits per heavy atom. The molecule has 2 N–H and O–H groups in total. The van der Waals surface area contributed by atoms with E-state index in [4.69, 9.17) is 0 Å². The van der Waals surface area contributed by atoms with E-state index < -0.39 is 5.91 Å². The lowest BCUT2D eigenvalue weighted by Gasteiger charge is -2.09. The van der Waals surface area contributed by atoms with Crippen LogP contribution in [0.3, 0.4) is 0 Å². The molecular formula is C24H20BrN3O2. The summed E-state index contributed by atoms with van der Waals surface area (Å²) in [6.07, 6.45) is 1.62. The average molecular weight is 462 g/mol. The van der Waals surface area contributed by atoms with Crippen molar-refractivity contribution in [3.8, 4) is 11.4 Å². The number of hydrogen-bond donors (Lipinski definition) is 2. The van der Waals surface area contributed by atoms with Crippen molar-refractivity contribution in [2.24, 2.45) is 5.10 Å². The number of hydrogen-bond acceptors (Lipinski definition) is 3. The summed E-state index contributed by atoms with van der Waals surface area (Å²) in [5, 5.41) is 16.1. The minimum Gasteiger partial charge on any atom is -0.507 e. The standard InChI is InChI=1S/C24H20BrN3O2/c1-15-11-19(16(2)28(15)21-9-7-20(25)8-10-21)14-26-27-24(30)22-12-17-5-3-4-6-18(17)13-23(22)29/h3-14,29H,1-2H3,(H,27,30)/b26-14+. The van der Waals surface area contributed by atoms with Crippen molar-refractivity contribution in [1.29, 1.82) is 0 Å². The molecule has 0 bridgehead atoms. The van der Waals surface area contributed by atoms with Crippen LogP contribution < -0.4 is 5.43 Å². The van der Waals surface area contributed by atoms with Gasteiger partial charge in [0.2, 0.25) is 0 Å². The molecule has 4 rings (SSSR count). The predicted octanol–water partition coefficient (Wildman–Crippen LogP) is 5.48. The van der Waals surface area contributed by atoms with Gasteiger partial charge in [0.05, 0.1) is 11.8 Å². The van der Waals surface area contributed by atoms with Gasteiger partial charge in [0, 0.05) is 27.1 Å². The summed E-state index contributed by atoms with van der Waals surface area (Å²) in [7, 11) is 0. The van der Waals surface area contributed by atoms with Crippen molar-refractivity contribution in [3.05, 3.63) is 93.7 Å². The Bertz CT molecular complexity index is 1270. The molecule has 1 amide bonds. The van der Waals surface area contributed by atoms with Crippen LogP contribution in [0.5, 0.6) is 5.75 Å². The van der Waals surface area contributed by atoms with E-state index in [0.717, 1.165) is 37.9 Å². The van der Waals surface area contributed by atoms with Crippen LogP contribution in [-0.2, 0) is 0 Å². The number of nitrogens with zero attached hydrogens (tertiary/aromatic N) is 2. The second kappa shape index (κ2) is 8.16. The second-order valence-corrected chi connectivity index (χ2v) is 7.97. The Morgan fingerprint density at radius 2 is 1.70 bits per heavy atom. The van der Waals surface area contributed by atoms with Crippen molar-refractivity contribution in [1.82, 2.24) is 9.99 Å². The number of halogens is 1. The molecule has 4 aromatic rings. The number of carbonyl (C=O) groups is 1. The highest BCUT2D eigenvalue weighted by Gasteiger charge is 2.13. The Kier molecular flexibility index (Phi) is 5.42. The summed E-state index contributed by atoms with van der Waals surface area (Å²) >= 11 is 3.46. The normalized spacial score (nSPS) is 11.3. The number of carbonyl (C=O) groups excluding carboxylic acids is 1. The van der Waals surface area contributed by atoms with Gasteiger partial charge in [-0.3, -0.25) is 4.79 Å². The van der Waals surface area contributed by atoms with E-state index in [1.807, 2.05) is 68.4 Å². The van der Waals surface area contributed by atoms with E-state index >= 15 is 0 Å². The van der Waals surface area contributed by atoms with E-state index in [1.54, 1.807) is 18.3 Å². The van der Waals surface area contributed by atoms with Crippen LogP contribution in [0.4, 0.5) is 0 Å². The molecule has 30 heavy (non-hydrogen) atoms. The minimum atomic E-state index is -0.462. The van der Waals surface area contributed by atoms with Gasteiger partial charge in [-0.2, -0.15) is 5.10 Å². The minimum absolute atomic E-state index is 0.0742. The van der Waals surface area contributed by atoms with Crippen LogP contribution in [-0.4, -0.2) is 21.8 Å². The zero-order valence-corrected chi connectivity index (χ0v) is 18.1. The van der Waals surface area contributed by atoms with E-state index in [1.165, 1.54) is 0 Å². The van der Waals surface area contributed by atoms with Crippen LogP contribution >= 0.6 is 15.9 Å². The molecule has 0 fully saturated rings. The van der Waals surface area contributed by atoms with Gasteiger partial charge in [-0.1, -0.05) is 40.2 Å². The van der Waals surface area contributed by atoms with Crippen LogP contribution in [0.1, 0.15) is 27.3 Å². The molecule has 0 aliphatic heterocycles. The summed E-state index contributed by atoms with van der Waals surface area (Å²) in [6.45, 7) is 4.03. The molecule has 0 saturated carbocycles. The lowest BCUT2D eigenvalue weighted by molar-refractivity contribution is 0.0952. The van der Waals surface area contributed by atoms with Gasteiger partial charge in [-0.05, 0) is 67.1 Å². The number of hydrazone groups is 1. The van der Waals surface area contributed by atoms with E-state index in [2.05, 4.69) is 31.0 Å². The maximum atomic E-state index is 12.5. The molecule has 1 aromatic heterocycles. The summed E-state index contributed by atoms with van der Waals surface area (Å²) in [4.78, 5) is 12.5. The Balaban J connectivity index is 1.55. The number of aryl methyl sites for hydroxylation is 1. The summed E-state index contributed by atoms with van der Waals surface area (Å²) in [6, 6.07) is 20.9. The lowest BCUT2D eigenvalue weighted by atomic mass is 10.1. The molecule has 150 valence electrons. The quantitative estimate of drug-likeness (QED) is 0.312. The molecule has 0 saturated heterocycles. The molecule has 0 aliphatic carbocycles. The van der Waals surface area contributed by atoms with Gasteiger partial charge in [-0.15, -0.1) is 0 Å². The molecule has 3 aromatic carbocycles. The molecule has 0 atom stereocenters. The van der Waals surface area contributed by atoms with Gasteiger partial charge in [0.1, 0.15) is 5.75 Å². The first-order valence-corrected chi connectivity index (χ1v) is 10.2. The number of nitrogens with one attached hydrogen (secondary N) is 1. The fraction of sp³-hybridized carbons (Fsp3) is 0.0833. The topological polar surface area (TPSA) is 66.6 Å². The molecule has 0 spiro atoms. The van der Waals surface area contributed by atoms with Crippen LogP contribution in [0, 0.1) is 13.8 Å². The largest absolute Gasteiger partial charge is 0.507 e. The Hall–Kier alpha value is -3.38. The monoisotopic (exact) mass is 461 g/mol. The number of phenols is 1. The van der Waals surface area contributed by atoms with Crippen molar-refractivity contribution in [2.75, 3.05) is 0 Å². The first-order chi connectivity index (χ1) is 14.4. The SMILES string of the molecule is Cc1cc(/C=N/NC(=O)c2cc3ccccc3cc2O)c(C)n1-c1ccc(Br)cc1. The maximum Gasteiger partial charge on any atom is 0.275 e. The number of benzene rings is 3. The number of fused-ring (bicyclic) bond motifs is 1. The van der Waals surface area contributed by atoms with E-state index in [0.29, 0.717) is 0 Å². The van der Waals surface area contributed by atoms with Gasteiger partial charge in [-0.25, -0.2) is 5.43 Å². The van der Waals surface area contributed by atoms with E-state index in [-0.39, 0.29) is 11.3 Å². The zero-order valence-electron chi connectivity index (χ0n) is 16.6. The van der Waals surface area contributed by atoms with Crippen molar-refractivity contribution >= 4 is 38.8 Å². The highest BCUT2D eigenvalue weighted by atomic mass is 79.9. The van der Waals surface area contributed by atoms with Gasteiger partial charge >= 0.3 is 0 Å². The first-order valence-electron chi connectivity index (χ1n) is 9.44. The molecule has 0 unspecified atom stereocenters. The zero-order chi connectivity index (χ0) is 21.3. The van der Waals surface area contributed by atoms with Crippen LogP contribution in [0.2, 0.25) is 0 Å². The van der Waals surface area contributed by atoms with Gasteiger partial charge in [0.25, 0.3) is 5.91 Å². The van der Waals surface area contributed by atoms with Crippen molar-refractivity contribution in [3.63, 3.8) is 0 Å². The van der Waals surface area contributed by atoms with Crippen LogP contribution in [0.15, 0.2) is 76.3 Å². The molecule has 0 aliphatic rings. The third-order valence-corrected chi connectivity index (χ3v) is 5.56. The van der Waals surface area contributed by atoms with Crippen molar-refractivity contribution < 1.29 is 9.90 Å². The lowest BCUT2D eigenvalue weighted by Crippen LogP contribution is -2.17. The second-order valence-electron chi connectivity index (χ2n) is 7.05. The molecule has 1 heterocycles. The Morgan fingerprint density at radius 3 is 2.40 bits per heavy atom. The third-order valence-electron chi connectivity index (χ3n) is 5.03. The Labute approximate surface area is 182 Å². The highest BCUT2D eigenvalue weighted by Crippen LogP contribution is 2.25. The maximum absolute atomic E-state index is 12.5. The predicted molar refractivity (Wildman–Crippen MR) is 124 cm³/mol. The third kappa shape index (κ3) is 3.86. The number of amides is 1.